The fourth-order valence-corrected chi connectivity index (χ4v) is 2.47. The third-order valence-corrected chi connectivity index (χ3v) is 3.57. The Labute approximate surface area is 128 Å². The Morgan fingerprint density at radius 1 is 1.23 bits per heavy atom. The number of rotatable bonds is 5. The number of aliphatic carboxylic acids is 1. The molecule has 0 radical (unpaired) electrons. The number of carboxylic acid groups (broad SMARTS) is 1. The zero-order chi connectivity index (χ0) is 15.5. The summed E-state index contributed by atoms with van der Waals surface area (Å²) in [6.45, 7) is 2.61. The van der Waals surface area contributed by atoms with Gasteiger partial charge in [0.1, 0.15) is 6.04 Å². The molecule has 2 N–H and O–H groups in total. The Kier molecular flexibility index (Phi) is 3.98. The fourth-order valence-electron chi connectivity index (χ4n) is 2.47. The van der Waals surface area contributed by atoms with Crippen molar-refractivity contribution < 1.29 is 19.4 Å². The highest BCUT2D eigenvalue weighted by Crippen LogP contribution is 2.32. The van der Waals surface area contributed by atoms with Crippen molar-refractivity contribution in [1.29, 1.82) is 0 Å². The van der Waals surface area contributed by atoms with E-state index < -0.39 is 12.0 Å². The van der Waals surface area contributed by atoms with Crippen LogP contribution in [-0.4, -0.2) is 17.9 Å². The lowest BCUT2D eigenvalue weighted by Gasteiger charge is -2.15. The molecule has 22 heavy (non-hydrogen) atoms. The van der Waals surface area contributed by atoms with Gasteiger partial charge >= 0.3 is 5.97 Å². The summed E-state index contributed by atoms with van der Waals surface area (Å²) in [5.41, 5.74) is 2.73. The fraction of sp³-hybridized carbons (Fsp3) is 0.235. The first kappa shape index (κ1) is 14.4. The quantitative estimate of drug-likeness (QED) is 0.888. The summed E-state index contributed by atoms with van der Waals surface area (Å²) in [5.74, 6) is 0.519. The summed E-state index contributed by atoms with van der Waals surface area (Å²) in [5, 5.41) is 12.5. The van der Waals surface area contributed by atoms with Crippen LogP contribution in [-0.2, 0) is 11.3 Å². The van der Waals surface area contributed by atoms with Gasteiger partial charge in [-0.15, -0.1) is 0 Å². The molecule has 5 nitrogen and oxygen atoms in total. The monoisotopic (exact) mass is 299 g/mol. The second-order valence-electron chi connectivity index (χ2n) is 5.25. The van der Waals surface area contributed by atoms with Crippen molar-refractivity contribution in [3.63, 3.8) is 0 Å². The molecule has 114 valence electrons. The Morgan fingerprint density at radius 3 is 2.82 bits per heavy atom. The van der Waals surface area contributed by atoms with E-state index in [1.54, 1.807) is 0 Å². The van der Waals surface area contributed by atoms with E-state index in [9.17, 15) is 9.90 Å². The van der Waals surface area contributed by atoms with Gasteiger partial charge in [0.05, 0.1) is 0 Å². The molecule has 2 aromatic carbocycles. The lowest BCUT2D eigenvalue weighted by molar-refractivity contribution is -0.139. The topological polar surface area (TPSA) is 67.8 Å². The van der Waals surface area contributed by atoms with E-state index in [0.717, 1.165) is 22.4 Å². The summed E-state index contributed by atoms with van der Waals surface area (Å²) in [6, 6.07) is 12.4. The van der Waals surface area contributed by atoms with Crippen molar-refractivity contribution in [2.75, 3.05) is 6.79 Å². The summed E-state index contributed by atoms with van der Waals surface area (Å²) in [4.78, 5) is 11.5. The number of aryl methyl sites for hydroxylation is 1. The van der Waals surface area contributed by atoms with Crippen LogP contribution in [0.2, 0.25) is 0 Å². The van der Waals surface area contributed by atoms with Gasteiger partial charge in [0, 0.05) is 6.54 Å². The van der Waals surface area contributed by atoms with Gasteiger partial charge in [0.2, 0.25) is 6.79 Å². The molecule has 1 atom stereocenters. The maximum Gasteiger partial charge on any atom is 0.325 e. The summed E-state index contributed by atoms with van der Waals surface area (Å²) in [7, 11) is 0. The first-order valence-electron chi connectivity index (χ1n) is 7.05. The summed E-state index contributed by atoms with van der Waals surface area (Å²) in [6.07, 6.45) is 0. The van der Waals surface area contributed by atoms with E-state index in [1.807, 2.05) is 49.4 Å². The van der Waals surface area contributed by atoms with Crippen molar-refractivity contribution in [3.8, 4) is 11.5 Å². The van der Waals surface area contributed by atoms with Gasteiger partial charge in [-0.1, -0.05) is 35.9 Å². The van der Waals surface area contributed by atoms with Gasteiger partial charge in [-0.2, -0.15) is 0 Å². The number of ether oxygens (including phenoxy) is 2. The van der Waals surface area contributed by atoms with Gasteiger partial charge in [-0.25, -0.2) is 0 Å². The van der Waals surface area contributed by atoms with Gasteiger partial charge in [0.15, 0.2) is 11.5 Å². The predicted molar refractivity (Wildman–Crippen MR) is 81.0 cm³/mol. The standard InChI is InChI=1S/C17H17NO4/c1-11-3-2-4-13(7-11)16(17(19)20)18-9-12-5-6-14-15(8-12)22-10-21-14/h2-8,16,18H,9-10H2,1H3,(H,19,20). The lowest BCUT2D eigenvalue weighted by atomic mass is 10.0. The van der Waals surface area contributed by atoms with Crippen LogP contribution in [0.4, 0.5) is 0 Å². The Balaban J connectivity index is 1.73. The second-order valence-corrected chi connectivity index (χ2v) is 5.25. The molecule has 1 aliphatic heterocycles. The van der Waals surface area contributed by atoms with Gasteiger partial charge in [0.25, 0.3) is 0 Å². The van der Waals surface area contributed by atoms with Gasteiger partial charge in [-0.05, 0) is 30.2 Å². The molecule has 0 aliphatic carbocycles. The molecule has 0 spiro atoms. The molecule has 1 aliphatic rings. The molecule has 3 rings (SSSR count). The third kappa shape index (κ3) is 3.04. The number of hydrogen-bond acceptors (Lipinski definition) is 4. The van der Waals surface area contributed by atoms with E-state index in [1.165, 1.54) is 0 Å². The van der Waals surface area contributed by atoms with E-state index in [2.05, 4.69) is 5.32 Å². The van der Waals surface area contributed by atoms with E-state index >= 15 is 0 Å². The minimum Gasteiger partial charge on any atom is -0.480 e. The maximum atomic E-state index is 11.5. The molecule has 0 fully saturated rings. The van der Waals surface area contributed by atoms with Crippen LogP contribution < -0.4 is 14.8 Å². The van der Waals surface area contributed by atoms with Gasteiger partial charge in [-0.3, -0.25) is 10.1 Å². The molecular formula is C17H17NO4. The first-order valence-corrected chi connectivity index (χ1v) is 7.05. The van der Waals surface area contributed by atoms with E-state index in [4.69, 9.17) is 9.47 Å². The zero-order valence-electron chi connectivity index (χ0n) is 12.2. The van der Waals surface area contributed by atoms with Crippen molar-refractivity contribution in [1.82, 2.24) is 5.32 Å². The van der Waals surface area contributed by atoms with Crippen LogP contribution >= 0.6 is 0 Å². The van der Waals surface area contributed by atoms with Gasteiger partial charge < -0.3 is 14.6 Å². The molecule has 2 aromatic rings. The van der Waals surface area contributed by atoms with Crippen LogP contribution in [0.1, 0.15) is 22.7 Å². The average Bonchev–Trinajstić information content (AvgIpc) is 2.95. The molecule has 1 unspecified atom stereocenters. The van der Waals surface area contributed by atoms with Crippen molar-refractivity contribution in [2.24, 2.45) is 0 Å². The molecule has 0 amide bonds. The number of nitrogens with one attached hydrogen (secondary N) is 1. The third-order valence-electron chi connectivity index (χ3n) is 3.57. The highest BCUT2D eigenvalue weighted by Gasteiger charge is 2.20. The highest BCUT2D eigenvalue weighted by atomic mass is 16.7. The average molecular weight is 299 g/mol. The lowest BCUT2D eigenvalue weighted by Crippen LogP contribution is -2.28. The van der Waals surface area contributed by atoms with Crippen LogP contribution in [0.3, 0.4) is 0 Å². The molecule has 1 heterocycles. The van der Waals surface area contributed by atoms with Crippen LogP contribution in [0.15, 0.2) is 42.5 Å². The molecule has 0 bridgehead atoms. The Morgan fingerprint density at radius 2 is 2.05 bits per heavy atom. The summed E-state index contributed by atoms with van der Waals surface area (Å²) < 4.78 is 10.6. The van der Waals surface area contributed by atoms with E-state index in [0.29, 0.717) is 12.3 Å². The molecular weight excluding hydrogens is 282 g/mol. The maximum absolute atomic E-state index is 11.5. The minimum atomic E-state index is -0.897. The SMILES string of the molecule is Cc1cccc(C(NCc2ccc3c(c2)OCO3)C(=O)O)c1. The van der Waals surface area contributed by atoms with E-state index in [-0.39, 0.29) is 6.79 Å². The molecule has 0 aromatic heterocycles. The van der Waals surface area contributed by atoms with Crippen molar-refractivity contribution >= 4 is 5.97 Å². The second kappa shape index (κ2) is 6.07. The smallest absolute Gasteiger partial charge is 0.325 e. The Bertz CT molecular complexity index is 699. The molecule has 5 heteroatoms. The number of hydrogen-bond donors (Lipinski definition) is 2. The zero-order valence-corrected chi connectivity index (χ0v) is 12.2. The van der Waals surface area contributed by atoms with Crippen LogP contribution in [0, 0.1) is 6.92 Å². The molecule has 0 saturated carbocycles. The first-order chi connectivity index (χ1) is 10.6. The normalized spacial score (nSPS) is 13.9. The number of fused-ring (bicyclic) bond motifs is 1. The summed E-state index contributed by atoms with van der Waals surface area (Å²) >= 11 is 0. The number of carboxylic acids is 1. The number of benzene rings is 2. The van der Waals surface area contributed by atoms with Crippen molar-refractivity contribution in [3.05, 3.63) is 59.2 Å². The van der Waals surface area contributed by atoms with Crippen LogP contribution in [0.25, 0.3) is 0 Å². The van der Waals surface area contributed by atoms with Crippen molar-refractivity contribution in [2.45, 2.75) is 19.5 Å². The minimum absolute atomic E-state index is 0.229. The molecule has 0 saturated heterocycles. The number of carbonyl (C=O) groups is 1. The highest BCUT2D eigenvalue weighted by molar-refractivity contribution is 5.75. The van der Waals surface area contributed by atoms with Crippen LogP contribution in [0.5, 0.6) is 11.5 Å². The largest absolute Gasteiger partial charge is 0.480 e. The predicted octanol–water partition coefficient (Wildman–Crippen LogP) is 2.64. The Hall–Kier alpha value is -2.53.